The van der Waals surface area contributed by atoms with Crippen molar-refractivity contribution in [2.75, 3.05) is 18.0 Å². The Balaban J connectivity index is 1.90. The van der Waals surface area contributed by atoms with E-state index in [1.807, 2.05) is 0 Å². The topological polar surface area (TPSA) is 174 Å². The van der Waals surface area contributed by atoms with Gasteiger partial charge < -0.3 is 4.74 Å². The van der Waals surface area contributed by atoms with Crippen LogP contribution in [-0.2, 0) is 14.8 Å². The minimum absolute atomic E-state index is 0.0989. The number of carbonyl (C=O) groups excluding carboxylic acids is 1. The first kappa shape index (κ1) is 26.7. The summed E-state index contributed by atoms with van der Waals surface area (Å²) in [7, 11) is -3.00. The predicted octanol–water partition coefficient (Wildman–Crippen LogP) is 3.17. The highest BCUT2D eigenvalue weighted by Gasteiger charge is 2.29. The number of rotatable bonds is 10. The molecule has 3 rings (SSSR count). The molecule has 0 aliphatic rings. The fourth-order valence-electron chi connectivity index (χ4n) is 3.20. The van der Waals surface area contributed by atoms with Crippen LogP contribution in [0.2, 0.25) is 0 Å². The Hall–Kier alpha value is -4.85. The molecule has 192 valence electrons. The zero-order chi connectivity index (χ0) is 27.2. The molecule has 0 aromatic heterocycles. The maximum Gasteiger partial charge on any atom is 0.273 e. The summed E-state index contributed by atoms with van der Waals surface area (Å²) < 4.78 is 32.9. The van der Waals surface area contributed by atoms with Crippen molar-refractivity contribution in [2.45, 2.75) is 11.8 Å². The van der Waals surface area contributed by atoms with Crippen molar-refractivity contribution in [3.8, 4) is 5.75 Å². The maximum atomic E-state index is 13.5. The number of methoxy groups -OCH3 is 1. The van der Waals surface area contributed by atoms with E-state index >= 15 is 0 Å². The lowest BCUT2D eigenvalue weighted by molar-refractivity contribution is -0.385. The number of amides is 1. The number of non-ortho nitro benzene ring substituents is 1. The number of nitro benzene ring substituents is 2. The summed E-state index contributed by atoms with van der Waals surface area (Å²) in [4.78, 5) is 33.2. The van der Waals surface area contributed by atoms with E-state index in [2.05, 4.69) is 10.5 Å². The molecule has 3 aromatic rings. The molecule has 13 nitrogen and oxygen atoms in total. The van der Waals surface area contributed by atoms with Crippen LogP contribution in [-0.4, -0.2) is 44.0 Å². The fourth-order valence-corrected chi connectivity index (χ4v) is 4.64. The quantitative estimate of drug-likeness (QED) is 0.238. The highest BCUT2D eigenvalue weighted by Crippen LogP contribution is 2.29. The van der Waals surface area contributed by atoms with Gasteiger partial charge in [-0.05, 0) is 37.3 Å². The monoisotopic (exact) mass is 527 g/mol. The molecule has 0 radical (unpaired) electrons. The molecule has 0 aliphatic carbocycles. The first-order chi connectivity index (χ1) is 17.5. The van der Waals surface area contributed by atoms with Crippen molar-refractivity contribution < 1.29 is 27.8 Å². The van der Waals surface area contributed by atoms with Gasteiger partial charge in [0.1, 0.15) is 12.3 Å². The van der Waals surface area contributed by atoms with E-state index in [1.54, 1.807) is 0 Å². The highest BCUT2D eigenvalue weighted by atomic mass is 32.2. The molecule has 0 saturated carbocycles. The van der Waals surface area contributed by atoms with Gasteiger partial charge in [-0.15, -0.1) is 0 Å². The van der Waals surface area contributed by atoms with Gasteiger partial charge in [0, 0.05) is 29.3 Å². The third-order valence-corrected chi connectivity index (χ3v) is 6.87. The van der Waals surface area contributed by atoms with Crippen LogP contribution in [0.25, 0.3) is 0 Å². The van der Waals surface area contributed by atoms with Crippen LogP contribution in [0.4, 0.5) is 17.1 Å². The molecule has 1 amide bonds. The van der Waals surface area contributed by atoms with Gasteiger partial charge in [-0.1, -0.05) is 18.2 Å². The van der Waals surface area contributed by atoms with Gasteiger partial charge in [-0.3, -0.25) is 29.3 Å². The first-order valence-electron chi connectivity index (χ1n) is 10.5. The number of ether oxygens (including phenoxy) is 1. The van der Waals surface area contributed by atoms with E-state index in [9.17, 15) is 33.4 Å². The molecule has 3 aromatic carbocycles. The van der Waals surface area contributed by atoms with Gasteiger partial charge in [0.25, 0.3) is 27.3 Å². The molecular weight excluding hydrogens is 506 g/mol. The zero-order valence-electron chi connectivity index (χ0n) is 19.6. The lowest BCUT2D eigenvalue weighted by Crippen LogP contribution is -2.39. The first-order valence-corrected chi connectivity index (χ1v) is 11.9. The van der Waals surface area contributed by atoms with E-state index in [0.29, 0.717) is 11.3 Å². The lowest BCUT2D eigenvalue weighted by Gasteiger charge is -2.24. The zero-order valence-corrected chi connectivity index (χ0v) is 20.4. The second-order valence-electron chi connectivity index (χ2n) is 7.56. The van der Waals surface area contributed by atoms with Crippen LogP contribution in [0, 0.1) is 27.2 Å². The van der Waals surface area contributed by atoms with Crippen LogP contribution in [0.3, 0.4) is 0 Å². The van der Waals surface area contributed by atoms with E-state index in [1.165, 1.54) is 80.9 Å². The Labute approximate surface area is 211 Å². The summed E-state index contributed by atoms with van der Waals surface area (Å²) >= 11 is 0. The lowest BCUT2D eigenvalue weighted by atomic mass is 10.2. The van der Waals surface area contributed by atoms with Crippen molar-refractivity contribution >= 4 is 39.2 Å². The van der Waals surface area contributed by atoms with Gasteiger partial charge in [0.05, 0.1) is 33.8 Å². The SMILES string of the molecule is COc1ccc(N(CC(=O)N/N=C\c2cccc([N+](=O)[O-])c2)S(=O)(=O)c2ccc(C)c([N+](=O)[O-])c2)cc1. The Morgan fingerprint density at radius 1 is 1.05 bits per heavy atom. The second kappa shape index (κ2) is 11.3. The van der Waals surface area contributed by atoms with E-state index in [-0.39, 0.29) is 27.5 Å². The molecule has 0 saturated heterocycles. The summed E-state index contributed by atoms with van der Waals surface area (Å²) in [5.41, 5.74) is 2.34. The molecular formula is C23H21N5O8S. The second-order valence-corrected chi connectivity index (χ2v) is 9.42. The number of benzene rings is 3. The molecule has 0 atom stereocenters. The summed E-state index contributed by atoms with van der Waals surface area (Å²) in [6.45, 7) is 0.755. The fraction of sp³-hybridized carbons (Fsp3) is 0.130. The van der Waals surface area contributed by atoms with Gasteiger partial charge in [-0.25, -0.2) is 13.8 Å². The third kappa shape index (κ3) is 6.43. The molecule has 0 heterocycles. The van der Waals surface area contributed by atoms with E-state index in [4.69, 9.17) is 4.74 Å². The van der Waals surface area contributed by atoms with Gasteiger partial charge in [0.15, 0.2) is 0 Å². The number of nitrogens with zero attached hydrogens (tertiary/aromatic N) is 4. The summed E-state index contributed by atoms with van der Waals surface area (Å²) in [6.07, 6.45) is 1.17. The Kier molecular flexibility index (Phi) is 8.14. The number of hydrogen-bond donors (Lipinski definition) is 1. The number of sulfonamides is 1. The Bertz CT molecular complexity index is 1470. The Morgan fingerprint density at radius 2 is 1.76 bits per heavy atom. The average Bonchev–Trinajstić information content (AvgIpc) is 2.87. The van der Waals surface area contributed by atoms with Gasteiger partial charge >= 0.3 is 0 Å². The normalized spacial score (nSPS) is 11.2. The van der Waals surface area contributed by atoms with Gasteiger partial charge in [-0.2, -0.15) is 5.10 Å². The van der Waals surface area contributed by atoms with Crippen molar-refractivity contribution in [3.05, 3.63) is 98.1 Å². The molecule has 37 heavy (non-hydrogen) atoms. The Morgan fingerprint density at radius 3 is 2.38 bits per heavy atom. The largest absolute Gasteiger partial charge is 0.497 e. The smallest absolute Gasteiger partial charge is 0.273 e. The van der Waals surface area contributed by atoms with Crippen molar-refractivity contribution in [1.82, 2.24) is 5.43 Å². The van der Waals surface area contributed by atoms with Gasteiger partial charge in [0.2, 0.25) is 0 Å². The minimum Gasteiger partial charge on any atom is -0.497 e. The molecule has 0 aliphatic heterocycles. The van der Waals surface area contributed by atoms with Crippen LogP contribution in [0.15, 0.2) is 76.7 Å². The van der Waals surface area contributed by atoms with E-state index < -0.39 is 32.3 Å². The van der Waals surface area contributed by atoms with Crippen LogP contribution >= 0.6 is 0 Å². The molecule has 0 spiro atoms. The maximum absolute atomic E-state index is 13.5. The van der Waals surface area contributed by atoms with Crippen molar-refractivity contribution in [1.29, 1.82) is 0 Å². The minimum atomic E-state index is -4.43. The average molecular weight is 528 g/mol. The molecule has 1 N–H and O–H groups in total. The number of hydrogen-bond acceptors (Lipinski definition) is 9. The summed E-state index contributed by atoms with van der Waals surface area (Å²) in [5, 5.41) is 26.0. The number of carbonyl (C=O) groups is 1. The number of anilines is 1. The standard InChI is InChI=1S/C23H21N5O8S/c1-16-6-11-21(13-22(16)28(32)33)37(34,35)26(18-7-9-20(36-2)10-8-18)15-23(29)25-24-14-17-4-3-5-19(12-17)27(30)31/h3-14H,15H2,1-2H3,(H,25,29)/b24-14-. The third-order valence-electron chi connectivity index (χ3n) is 5.10. The van der Waals surface area contributed by atoms with E-state index in [0.717, 1.165) is 10.4 Å². The number of nitrogens with one attached hydrogen (secondary N) is 1. The highest BCUT2D eigenvalue weighted by molar-refractivity contribution is 7.92. The molecule has 0 unspecified atom stereocenters. The molecule has 0 bridgehead atoms. The number of aryl methyl sites for hydroxylation is 1. The summed E-state index contributed by atoms with van der Waals surface area (Å²) in [6, 6.07) is 14.8. The predicted molar refractivity (Wildman–Crippen MR) is 134 cm³/mol. The number of nitro groups is 2. The van der Waals surface area contributed by atoms with Crippen LogP contribution in [0.5, 0.6) is 5.75 Å². The van der Waals surface area contributed by atoms with Crippen molar-refractivity contribution in [3.63, 3.8) is 0 Å². The van der Waals surface area contributed by atoms with Crippen molar-refractivity contribution in [2.24, 2.45) is 5.10 Å². The molecule has 0 fully saturated rings. The number of hydrazone groups is 1. The summed E-state index contributed by atoms with van der Waals surface area (Å²) in [5.74, 6) is -0.388. The molecule has 14 heteroatoms. The van der Waals surface area contributed by atoms with Crippen LogP contribution < -0.4 is 14.5 Å². The van der Waals surface area contributed by atoms with Crippen LogP contribution in [0.1, 0.15) is 11.1 Å².